The second-order valence-corrected chi connectivity index (χ2v) is 7.83. The molecule has 0 spiro atoms. The van der Waals surface area contributed by atoms with Gasteiger partial charge in [0.25, 0.3) is 5.91 Å². The van der Waals surface area contributed by atoms with E-state index in [2.05, 4.69) is 31.0 Å². The number of nitrogens with zero attached hydrogens (tertiary/aromatic N) is 2. The Bertz CT molecular complexity index is 877. The van der Waals surface area contributed by atoms with Gasteiger partial charge >= 0.3 is 0 Å². The van der Waals surface area contributed by atoms with E-state index in [0.717, 1.165) is 34.9 Å². The summed E-state index contributed by atoms with van der Waals surface area (Å²) in [6.07, 6.45) is 4.65. The summed E-state index contributed by atoms with van der Waals surface area (Å²) in [6.45, 7) is 7.59. The molecule has 5 nitrogen and oxygen atoms in total. The van der Waals surface area contributed by atoms with E-state index in [-0.39, 0.29) is 18.4 Å². The van der Waals surface area contributed by atoms with Crippen LogP contribution in [0.25, 0.3) is 10.9 Å². The minimum atomic E-state index is -0.0584. The van der Waals surface area contributed by atoms with Crippen molar-refractivity contribution < 1.29 is 9.59 Å². The summed E-state index contributed by atoms with van der Waals surface area (Å²) in [5.74, 6) is 0.0366. The van der Waals surface area contributed by atoms with Gasteiger partial charge in [0, 0.05) is 30.0 Å². The lowest BCUT2D eigenvalue weighted by Gasteiger charge is -2.37. The smallest absolute Gasteiger partial charge is 0.271 e. The van der Waals surface area contributed by atoms with Crippen molar-refractivity contribution in [2.75, 3.05) is 19.6 Å². The number of hydrogen-bond donors (Lipinski definition) is 1. The molecule has 1 aromatic heterocycles. The molecule has 4 rings (SSSR count). The third-order valence-corrected chi connectivity index (χ3v) is 6.15. The fourth-order valence-corrected chi connectivity index (χ4v) is 4.63. The van der Waals surface area contributed by atoms with Crippen molar-refractivity contribution in [2.45, 2.75) is 52.5 Å². The highest BCUT2D eigenvalue weighted by Crippen LogP contribution is 2.29. The van der Waals surface area contributed by atoms with Crippen LogP contribution in [-0.4, -0.2) is 52.3 Å². The van der Waals surface area contributed by atoms with Gasteiger partial charge in [0.05, 0.1) is 0 Å². The predicted molar refractivity (Wildman–Crippen MR) is 102 cm³/mol. The number of H-pyrrole nitrogens is 1. The predicted octanol–water partition coefficient (Wildman–Crippen LogP) is 3.32. The average Bonchev–Trinajstić information content (AvgIpc) is 3.26. The molecule has 1 aromatic carbocycles. The Morgan fingerprint density at radius 2 is 1.77 bits per heavy atom. The second kappa shape index (κ2) is 6.45. The maximum absolute atomic E-state index is 13.1. The minimum absolute atomic E-state index is 0.0584. The molecule has 2 heterocycles. The molecule has 26 heavy (non-hydrogen) atoms. The quantitative estimate of drug-likeness (QED) is 0.900. The highest BCUT2D eigenvalue weighted by atomic mass is 16.2. The van der Waals surface area contributed by atoms with E-state index in [4.69, 9.17) is 0 Å². The first-order chi connectivity index (χ1) is 12.5. The molecule has 0 radical (unpaired) electrons. The van der Waals surface area contributed by atoms with E-state index >= 15 is 0 Å². The molecular weight excluding hydrogens is 326 g/mol. The van der Waals surface area contributed by atoms with Crippen LogP contribution in [-0.2, 0) is 4.79 Å². The standard InChI is InChI=1S/C21H27N3O2/c1-13-8-9-14(2)19-18(13)15(3)20(22-19)21(26)23-10-11-24(17(25)12-23)16-6-4-5-7-16/h8-9,16,22H,4-7,10-12H2,1-3H3. The molecule has 2 aliphatic rings. The zero-order valence-corrected chi connectivity index (χ0v) is 15.9. The number of rotatable bonds is 2. The maximum Gasteiger partial charge on any atom is 0.271 e. The number of aromatic nitrogens is 1. The van der Waals surface area contributed by atoms with Gasteiger partial charge in [-0.25, -0.2) is 0 Å². The summed E-state index contributed by atoms with van der Waals surface area (Å²) in [4.78, 5) is 32.8. The first-order valence-corrected chi connectivity index (χ1v) is 9.64. The van der Waals surface area contributed by atoms with Gasteiger partial charge in [0.15, 0.2) is 0 Å². The molecule has 1 aliphatic carbocycles. The molecular formula is C21H27N3O2. The fourth-order valence-electron chi connectivity index (χ4n) is 4.63. The Kier molecular flexibility index (Phi) is 4.25. The van der Waals surface area contributed by atoms with Crippen LogP contribution >= 0.6 is 0 Å². The van der Waals surface area contributed by atoms with Crippen LogP contribution in [0.2, 0.25) is 0 Å². The average molecular weight is 353 g/mol. The molecule has 1 saturated heterocycles. The number of fused-ring (bicyclic) bond motifs is 1. The van der Waals surface area contributed by atoms with Crippen LogP contribution in [0.3, 0.4) is 0 Å². The van der Waals surface area contributed by atoms with Crippen molar-refractivity contribution in [3.8, 4) is 0 Å². The number of amides is 2. The lowest BCUT2D eigenvalue weighted by molar-refractivity contribution is -0.137. The molecule has 2 fully saturated rings. The Labute approximate surface area is 154 Å². The van der Waals surface area contributed by atoms with E-state index < -0.39 is 0 Å². The molecule has 1 aliphatic heterocycles. The van der Waals surface area contributed by atoms with Gasteiger partial charge in [-0.15, -0.1) is 0 Å². The first-order valence-electron chi connectivity index (χ1n) is 9.64. The van der Waals surface area contributed by atoms with Crippen molar-refractivity contribution >= 4 is 22.7 Å². The van der Waals surface area contributed by atoms with Crippen molar-refractivity contribution in [3.63, 3.8) is 0 Å². The van der Waals surface area contributed by atoms with Gasteiger partial charge in [-0.05, 0) is 50.3 Å². The molecule has 138 valence electrons. The summed E-state index contributed by atoms with van der Waals surface area (Å²) < 4.78 is 0. The largest absolute Gasteiger partial charge is 0.350 e. The van der Waals surface area contributed by atoms with Crippen LogP contribution in [0.1, 0.15) is 52.9 Å². The third kappa shape index (κ3) is 2.70. The number of carbonyl (C=O) groups excluding carboxylic acids is 2. The van der Waals surface area contributed by atoms with E-state index in [9.17, 15) is 9.59 Å². The molecule has 1 saturated carbocycles. The highest BCUT2D eigenvalue weighted by molar-refractivity contribution is 6.03. The number of nitrogens with one attached hydrogen (secondary N) is 1. The Balaban J connectivity index is 1.58. The summed E-state index contributed by atoms with van der Waals surface area (Å²) >= 11 is 0. The van der Waals surface area contributed by atoms with E-state index in [1.165, 1.54) is 18.4 Å². The lowest BCUT2D eigenvalue weighted by Crippen LogP contribution is -2.55. The number of hydrogen-bond acceptors (Lipinski definition) is 2. The molecule has 0 atom stereocenters. The van der Waals surface area contributed by atoms with Crippen LogP contribution in [0, 0.1) is 20.8 Å². The van der Waals surface area contributed by atoms with Gasteiger partial charge in [-0.2, -0.15) is 0 Å². The zero-order valence-electron chi connectivity index (χ0n) is 15.9. The summed E-state index contributed by atoms with van der Waals surface area (Å²) in [6, 6.07) is 4.56. The summed E-state index contributed by atoms with van der Waals surface area (Å²) in [5, 5.41) is 1.13. The molecule has 5 heteroatoms. The second-order valence-electron chi connectivity index (χ2n) is 7.83. The van der Waals surface area contributed by atoms with E-state index in [1.807, 2.05) is 11.8 Å². The SMILES string of the molecule is Cc1ccc(C)c2c(C)c(C(=O)N3CCN(C4CCCC4)C(=O)C3)[nH]c12. The van der Waals surface area contributed by atoms with Gasteiger partial charge in [0.1, 0.15) is 12.2 Å². The lowest BCUT2D eigenvalue weighted by atomic mass is 10.0. The van der Waals surface area contributed by atoms with Crippen molar-refractivity contribution in [3.05, 3.63) is 34.5 Å². The molecule has 1 N–H and O–H groups in total. The Morgan fingerprint density at radius 3 is 2.42 bits per heavy atom. The van der Waals surface area contributed by atoms with Gasteiger partial charge < -0.3 is 14.8 Å². The Morgan fingerprint density at radius 1 is 1.08 bits per heavy atom. The van der Waals surface area contributed by atoms with E-state index in [0.29, 0.717) is 24.8 Å². The first kappa shape index (κ1) is 17.1. The number of carbonyl (C=O) groups is 2. The number of aryl methyl sites for hydroxylation is 3. The zero-order chi connectivity index (χ0) is 18.4. The normalized spacial score (nSPS) is 19.0. The highest BCUT2D eigenvalue weighted by Gasteiger charge is 2.34. The number of piperazine rings is 1. The van der Waals surface area contributed by atoms with Crippen molar-refractivity contribution in [1.29, 1.82) is 0 Å². The molecule has 2 aromatic rings. The van der Waals surface area contributed by atoms with Crippen molar-refractivity contribution in [2.24, 2.45) is 0 Å². The summed E-state index contributed by atoms with van der Waals surface area (Å²) in [7, 11) is 0. The molecule has 0 unspecified atom stereocenters. The molecule has 0 bridgehead atoms. The van der Waals surface area contributed by atoms with Gasteiger partial charge in [0.2, 0.25) is 5.91 Å². The van der Waals surface area contributed by atoms with E-state index in [1.54, 1.807) is 4.90 Å². The number of aromatic amines is 1. The van der Waals surface area contributed by atoms with Crippen molar-refractivity contribution in [1.82, 2.24) is 14.8 Å². The van der Waals surface area contributed by atoms with Gasteiger partial charge in [-0.1, -0.05) is 25.0 Å². The van der Waals surface area contributed by atoms with Crippen LogP contribution < -0.4 is 0 Å². The monoisotopic (exact) mass is 353 g/mol. The summed E-state index contributed by atoms with van der Waals surface area (Å²) in [5.41, 5.74) is 4.94. The maximum atomic E-state index is 13.1. The fraction of sp³-hybridized carbons (Fsp3) is 0.524. The Hall–Kier alpha value is -2.30. The minimum Gasteiger partial charge on any atom is -0.350 e. The van der Waals surface area contributed by atoms with Gasteiger partial charge in [-0.3, -0.25) is 9.59 Å². The van der Waals surface area contributed by atoms with Crippen LogP contribution in [0.5, 0.6) is 0 Å². The number of benzene rings is 1. The third-order valence-electron chi connectivity index (χ3n) is 6.15. The topological polar surface area (TPSA) is 56.4 Å². The van der Waals surface area contributed by atoms with Crippen LogP contribution in [0.15, 0.2) is 12.1 Å². The van der Waals surface area contributed by atoms with Crippen LogP contribution in [0.4, 0.5) is 0 Å². The molecule has 2 amide bonds.